The molecule has 32 heavy (non-hydrogen) atoms. The van der Waals surface area contributed by atoms with Crippen molar-refractivity contribution in [3.8, 4) is 11.5 Å². The minimum Gasteiger partial charge on any atom is -0.497 e. The average Bonchev–Trinajstić information content (AvgIpc) is 2.80. The zero-order valence-corrected chi connectivity index (χ0v) is 18.5. The molecule has 0 saturated carbocycles. The van der Waals surface area contributed by atoms with E-state index in [0.29, 0.717) is 24.5 Å². The summed E-state index contributed by atoms with van der Waals surface area (Å²) in [5.74, 6) is 1.48. The minimum absolute atomic E-state index is 0.0634. The fraction of sp³-hybridized carbons (Fsp3) is 0.320. The zero-order chi connectivity index (χ0) is 22.8. The van der Waals surface area contributed by atoms with Crippen LogP contribution in [0.4, 0.5) is 5.69 Å². The van der Waals surface area contributed by atoms with E-state index in [9.17, 15) is 9.59 Å². The van der Waals surface area contributed by atoms with Crippen molar-refractivity contribution in [3.05, 3.63) is 82.0 Å². The number of H-pyrrole nitrogens is 1. The van der Waals surface area contributed by atoms with Crippen LogP contribution in [0, 0.1) is 0 Å². The highest BCUT2D eigenvalue weighted by atomic mass is 16.5. The molecule has 0 aliphatic heterocycles. The summed E-state index contributed by atoms with van der Waals surface area (Å²) >= 11 is 0. The monoisotopic (exact) mass is 435 g/mol. The summed E-state index contributed by atoms with van der Waals surface area (Å²) < 4.78 is 10.9. The molecule has 0 fully saturated rings. The lowest BCUT2D eigenvalue weighted by Crippen LogP contribution is -2.20. The first-order chi connectivity index (χ1) is 15.6. The van der Waals surface area contributed by atoms with Crippen molar-refractivity contribution in [3.63, 3.8) is 0 Å². The molecule has 7 nitrogen and oxygen atoms in total. The Kier molecular flexibility index (Phi) is 8.43. The minimum atomic E-state index is -0.444. The van der Waals surface area contributed by atoms with Gasteiger partial charge < -0.3 is 19.8 Å². The molecule has 0 saturated heterocycles. The van der Waals surface area contributed by atoms with Crippen LogP contribution in [0.2, 0.25) is 0 Å². The number of nitrogens with one attached hydrogen (secondary N) is 2. The van der Waals surface area contributed by atoms with Crippen molar-refractivity contribution < 1.29 is 14.3 Å². The summed E-state index contributed by atoms with van der Waals surface area (Å²) in [6.07, 6.45) is 4.99. The summed E-state index contributed by atoms with van der Waals surface area (Å²) in [7, 11) is 1.60. The quantitative estimate of drug-likeness (QED) is 0.430. The Morgan fingerprint density at radius 3 is 2.41 bits per heavy atom. The van der Waals surface area contributed by atoms with Crippen LogP contribution in [0.5, 0.6) is 11.5 Å². The van der Waals surface area contributed by atoms with Gasteiger partial charge in [-0.15, -0.1) is 0 Å². The molecule has 0 spiro atoms. The van der Waals surface area contributed by atoms with Crippen LogP contribution >= 0.6 is 0 Å². The fourth-order valence-corrected chi connectivity index (χ4v) is 3.19. The second-order valence-electron chi connectivity index (χ2n) is 7.49. The SMILES string of the molecule is CCCCCCOc1ccc(NC(=O)c2cc(=O)[nH]c(Cc3ccc(OC)cc3)n2)cc1. The van der Waals surface area contributed by atoms with Crippen molar-refractivity contribution in [2.75, 3.05) is 19.0 Å². The van der Waals surface area contributed by atoms with E-state index in [4.69, 9.17) is 9.47 Å². The van der Waals surface area contributed by atoms with Crippen LogP contribution in [0.1, 0.15) is 54.5 Å². The van der Waals surface area contributed by atoms with Gasteiger partial charge in [0.2, 0.25) is 0 Å². The number of carbonyl (C=O) groups is 1. The molecule has 2 N–H and O–H groups in total. The molecule has 3 aromatic rings. The highest BCUT2D eigenvalue weighted by Gasteiger charge is 2.11. The van der Waals surface area contributed by atoms with Crippen molar-refractivity contribution in [1.29, 1.82) is 0 Å². The number of hydrogen-bond acceptors (Lipinski definition) is 5. The summed E-state index contributed by atoms with van der Waals surface area (Å²) in [6.45, 7) is 2.86. The second kappa shape index (κ2) is 11.7. The first-order valence-electron chi connectivity index (χ1n) is 10.8. The van der Waals surface area contributed by atoms with Crippen molar-refractivity contribution in [2.24, 2.45) is 0 Å². The van der Waals surface area contributed by atoms with E-state index in [0.717, 1.165) is 29.9 Å². The predicted molar refractivity (Wildman–Crippen MR) is 125 cm³/mol. The van der Waals surface area contributed by atoms with E-state index in [2.05, 4.69) is 22.2 Å². The van der Waals surface area contributed by atoms with Crippen molar-refractivity contribution >= 4 is 11.6 Å². The maximum atomic E-state index is 12.6. The molecule has 1 heterocycles. The Morgan fingerprint density at radius 1 is 1.00 bits per heavy atom. The number of nitrogens with zero attached hydrogens (tertiary/aromatic N) is 1. The van der Waals surface area contributed by atoms with Crippen LogP contribution in [-0.4, -0.2) is 29.6 Å². The van der Waals surface area contributed by atoms with Gasteiger partial charge in [-0.05, 0) is 48.4 Å². The first kappa shape index (κ1) is 23.1. The van der Waals surface area contributed by atoms with E-state index in [1.165, 1.54) is 18.9 Å². The van der Waals surface area contributed by atoms with Gasteiger partial charge in [-0.2, -0.15) is 0 Å². The second-order valence-corrected chi connectivity index (χ2v) is 7.49. The predicted octanol–water partition coefficient (Wildman–Crippen LogP) is 4.58. The van der Waals surface area contributed by atoms with Gasteiger partial charge >= 0.3 is 0 Å². The summed E-state index contributed by atoms with van der Waals surface area (Å²) in [5, 5.41) is 2.78. The molecule has 168 valence electrons. The molecule has 0 unspecified atom stereocenters. The molecule has 0 radical (unpaired) electrons. The topological polar surface area (TPSA) is 93.3 Å². The maximum Gasteiger partial charge on any atom is 0.274 e. The summed E-state index contributed by atoms with van der Waals surface area (Å²) in [5.41, 5.74) is 1.23. The molecule has 0 aliphatic rings. The lowest BCUT2D eigenvalue weighted by atomic mass is 10.1. The Bertz CT molecular complexity index is 1060. The molecule has 7 heteroatoms. The molecule has 2 aromatic carbocycles. The number of anilines is 1. The van der Waals surface area contributed by atoms with Gasteiger partial charge in [-0.1, -0.05) is 38.3 Å². The summed E-state index contributed by atoms with van der Waals surface area (Å²) in [4.78, 5) is 31.7. The van der Waals surface area contributed by atoms with Gasteiger partial charge in [0.05, 0.1) is 13.7 Å². The maximum absolute atomic E-state index is 12.6. The van der Waals surface area contributed by atoms with E-state index in [1.807, 2.05) is 36.4 Å². The number of methoxy groups -OCH3 is 1. The standard InChI is InChI=1S/C25H29N3O4/c1-3-4-5-6-15-32-21-13-9-19(10-14-21)26-25(30)22-17-24(29)28-23(27-22)16-18-7-11-20(31-2)12-8-18/h7-14,17H,3-6,15-16H2,1-2H3,(H,26,30)(H,27,28,29). The van der Waals surface area contributed by atoms with Gasteiger partial charge in [0.15, 0.2) is 0 Å². The molecule has 1 amide bonds. The number of aromatic amines is 1. The number of aromatic nitrogens is 2. The van der Waals surface area contributed by atoms with Crippen LogP contribution in [0.15, 0.2) is 59.4 Å². The van der Waals surface area contributed by atoms with Crippen LogP contribution in [0.3, 0.4) is 0 Å². The van der Waals surface area contributed by atoms with Crippen molar-refractivity contribution in [2.45, 2.75) is 39.0 Å². The molecule has 0 bridgehead atoms. The van der Waals surface area contributed by atoms with Crippen molar-refractivity contribution in [1.82, 2.24) is 9.97 Å². The van der Waals surface area contributed by atoms with Gasteiger partial charge in [0.1, 0.15) is 23.0 Å². The van der Waals surface area contributed by atoms with Crippen LogP contribution in [-0.2, 0) is 6.42 Å². The number of ether oxygens (including phenoxy) is 2. The van der Waals surface area contributed by atoms with E-state index < -0.39 is 5.91 Å². The number of amides is 1. The van der Waals surface area contributed by atoms with Crippen LogP contribution < -0.4 is 20.3 Å². The number of carbonyl (C=O) groups excluding carboxylic acids is 1. The van der Waals surface area contributed by atoms with Crippen LogP contribution in [0.25, 0.3) is 0 Å². The lowest BCUT2D eigenvalue weighted by Gasteiger charge is -2.09. The normalized spacial score (nSPS) is 10.6. The first-order valence-corrected chi connectivity index (χ1v) is 10.8. The Hall–Kier alpha value is -3.61. The Balaban J connectivity index is 1.60. The lowest BCUT2D eigenvalue weighted by molar-refractivity contribution is 0.102. The van der Waals surface area contributed by atoms with Gasteiger partial charge in [-0.25, -0.2) is 4.98 Å². The highest BCUT2D eigenvalue weighted by molar-refractivity contribution is 6.02. The van der Waals surface area contributed by atoms with E-state index >= 15 is 0 Å². The smallest absolute Gasteiger partial charge is 0.274 e. The molecule has 0 aliphatic carbocycles. The third-order valence-electron chi connectivity index (χ3n) is 4.93. The zero-order valence-electron chi connectivity index (χ0n) is 18.5. The molecule has 3 rings (SSSR count). The largest absolute Gasteiger partial charge is 0.497 e. The molecular weight excluding hydrogens is 406 g/mol. The third kappa shape index (κ3) is 6.97. The summed E-state index contributed by atoms with van der Waals surface area (Å²) in [6, 6.07) is 15.8. The molecule has 1 aromatic heterocycles. The number of hydrogen-bond donors (Lipinski definition) is 2. The fourth-order valence-electron chi connectivity index (χ4n) is 3.19. The molecular formula is C25H29N3O4. The Morgan fingerprint density at radius 2 is 1.72 bits per heavy atom. The third-order valence-corrected chi connectivity index (χ3v) is 4.93. The highest BCUT2D eigenvalue weighted by Crippen LogP contribution is 2.17. The number of rotatable bonds is 11. The Labute approximate surface area is 187 Å². The van der Waals surface area contributed by atoms with Gasteiger partial charge in [0, 0.05) is 18.2 Å². The molecule has 0 atom stereocenters. The van der Waals surface area contributed by atoms with E-state index in [-0.39, 0.29) is 11.3 Å². The average molecular weight is 436 g/mol. The van der Waals surface area contributed by atoms with Gasteiger partial charge in [-0.3, -0.25) is 9.59 Å². The number of benzene rings is 2. The van der Waals surface area contributed by atoms with Gasteiger partial charge in [0.25, 0.3) is 11.5 Å². The number of unbranched alkanes of at least 4 members (excludes halogenated alkanes) is 3. The van der Waals surface area contributed by atoms with E-state index in [1.54, 1.807) is 19.2 Å².